The largest absolute Gasteiger partial charge is 0.121 e. The van der Waals surface area contributed by atoms with Gasteiger partial charge in [0.2, 0.25) is 0 Å². The highest BCUT2D eigenvalue weighted by Gasteiger charge is 2.49. The lowest BCUT2D eigenvalue weighted by atomic mass is 9.54. The summed E-state index contributed by atoms with van der Waals surface area (Å²) >= 11 is 2.14. The van der Waals surface area contributed by atoms with Gasteiger partial charge in [0.15, 0.2) is 0 Å². The topological polar surface area (TPSA) is 0 Å². The zero-order valence-electron chi connectivity index (χ0n) is 30.1. The first-order valence-electron chi connectivity index (χ1n) is 20.2. The van der Waals surface area contributed by atoms with Crippen LogP contribution in [-0.4, -0.2) is 5.25 Å². The Balaban J connectivity index is 1.08. The fourth-order valence-electron chi connectivity index (χ4n) is 12.1. The molecule has 12 atom stereocenters. The third-order valence-corrected chi connectivity index (χ3v) is 15.9. The molecule has 0 radical (unpaired) electrons. The van der Waals surface area contributed by atoms with E-state index in [1.807, 2.05) is 0 Å². The van der Waals surface area contributed by atoms with Gasteiger partial charge in [-0.3, -0.25) is 0 Å². The van der Waals surface area contributed by atoms with Crippen molar-refractivity contribution in [3.05, 3.63) is 180 Å². The lowest BCUT2D eigenvalue weighted by Crippen LogP contribution is -2.42. The molecule has 7 aliphatic carbocycles. The lowest BCUT2D eigenvalue weighted by Gasteiger charge is -2.50. The number of hydrogen-bond donors (Lipinski definition) is 0. The second kappa shape index (κ2) is 12.5. The highest BCUT2D eigenvalue weighted by Crippen LogP contribution is 2.60. The number of fused-ring (bicyclic) bond motifs is 9. The highest BCUT2D eigenvalue weighted by molar-refractivity contribution is 8.00. The molecule has 258 valence electrons. The molecule has 0 amide bonds. The fraction of sp³-hybridized carbons (Fsp3) is 0.333. The summed E-state index contributed by atoms with van der Waals surface area (Å²) < 4.78 is 0. The third kappa shape index (κ3) is 5.02. The van der Waals surface area contributed by atoms with Crippen LogP contribution in [0.15, 0.2) is 173 Å². The van der Waals surface area contributed by atoms with Crippen LogP contribution in [0.5, 0.6) is 0 Å². The molecule has 1 fully saturated rings. The molecule has 0 aromatic heterocycles. The lowest BCUT2D eigenvalue weighted by molar-refractivity contribution is 0.117. The maximum Gasteiger partial charge on any atom is 0.0267 e. The van der Waals surface area contributed by atoms with E-state index in [1.165, 1.54) is 58.1 Å². The molecule has 0 spiro atoms. The van der Waals surface area contributed by atoms with Gasteiger partial charge in [-0.1, -0.05) is 147 Å². The molecule has 1 aliphatic heterocycles. The smallest absolute Gasteiger partial charge is 0.0267 e. The molecule has 0 nitrogen and oxygen atoms in total. The maximum absolute atomic E-state index is 2.74. The first-order chi connectivity index (χ1) is 25.7. The van der Waals surface area contributed by atoms with Gasteiger partial charge in [0.05, 0.1) is 0 Å². The molecular formula is C51H48S. The molecule has 3 aromatic rings. The van der Waals surface area contributed by atoms with E-state index >= 15 is 0 Å². The van der Waals surface area contributed by atoms with Crippen molar-refractivity contribution >= 4 is 28.1 Å². The summed E-state index contributed by atoms with van der Waals surface area (Å²) in [6.45, 7) is 2.43. The normalized spacial score (nSPS) is 37.8. The predicted octanol–water partition coefficient (Wildman–Crippen LogP) is 12.9. The van der Waals surface area contributed by atoms with Crippen LogP contribution in [0.2, 0.25) is 0 Å². The molecule has 1 heterocycles. The van der Waals surface area contributed by atoms with Crippen LogP contribution >= 0.6 is 11.8 Å². The van der Waals surface area contributed by atoms with E-state index < -0.39 is 0 Å². The summed E-state index contributed by atoms with van der Waals surface area (Å²) in [5, 5.41) is 3.26. The summed E-state index contributed by atoms with van der Waals surface area (Å²) in [6.07, 6.45) is 40.6. The molecule has 0 bridgehead atoms. The average molecular weight is 693 g/mol. The number of rotatable bonds is 3. The summed E-state index contributed by atoms with van der Waals surface area (Å²) in [6, 6.07) is 25.5. The number of allylic oxidation sites excluding steroid dienone is 18. The van der Waals surface area contributed by atoms with Gasteiger partial charge in [-0.25, -0.2) is 0 Å². The Morgan fingerprint density at radius 2 is 1.48 bits per heavy atom. The zero-order valence-corrected chi connectivity index (χ0v) is 30.9. The zero-order chi connectivity index (χ0) is 34.3. The van der Waals surface area contributed by atoms with Gasteiger partial charge in [-0.05, 0) is 129 Å². The van der Waals surface area contributed by atoms with E-state index in [4.69, 9.17) is 0 Å². The first kappa shape index (κ1) is 31.5. The van der Waals surface area contributed by atoms with Crippen molar-refractivity contribution < 1.29 is 0 Å². The Morgan fingerprint density at radius 3 is 2.42 bits per heavy atom. The van der Waals surface area contributed by atoms with E-state index in [2.05, 4.69) is 170 Å². The van der Waals surface area contributed by atoms with Crippen molar-refractivity contribution in [2.75, 3.05) is 0 Å². The van der Waals surface area contributed by atoms with Crippen molar-refractivity contribution in [1.82, 2.24) is 0 Å². The summed E-state index contributed by atoms with van der Waals surface area (Å²) in [7, 11) is 0. The minimum absolute atomic E-state index is 0.388. The fourth-order valence-corrected chi connectivity index (χ4v) is 13.7. The summed E-state index contributed by atoms with van der Waals surface area (Å²) in [4.78, 5) is 1.49. The number of hydrogen-bond acceptors (Lipinski definition) is 1. The van der Waals surface area contributed by atoms with Crippen molar-refractivity contribution in [2.45, 2.75) is 48.7 Å². The molecule has 1 heteroatoms. The molecule has 1 saturated carbocycles. The van der Waals surface area contributed by atoms with E-state index in [-0.39, 0.29) is 0 Å². The highest BCUT2D eigenvalue weighted by atomic mass is 32.2. The van der Waals surface area contributed by atoms with Crippen LogP contribution in [-0.2, 0) is 0 Å². The van der Waals surface area contributed by atoms with Crippen molar-refractivity contribution in [3.8, 4) is 0 Å². The standard InChI is InChI=1S/C51H48S/c1-31-18-24-43-45(26-31)44(30-47-39-14-8-9-17-48(39)52-51(43)47)36-23-25-42-46(29-36)50(38-22-20-33-11-3-5-13-35(33)28-38)41-16-7-6-15-40(41)49(42)37-21-19-32-10-2-4-12-34(32)27-37/h2-18,20,22-25,28-32,34,37,40-43,45,47,49,51H,19,21,26-27H2,1H3. The average Bonchev–Trinajstić information content (AvgIpc) is 3.57. The molecule has 0 N–H and O–H groups in total. The quantitative estimate of drug-likeness (QED) is 0.246. The molecule has 0 saturated heterocycles. The SMILES string of the molecule is CC1C=CC2C(C1)C(C1=CC3=C(c4ccc5ccccc5c4)C4C=CC=CC4C(C4CCC5C=CC=CC5C4)C3C=C1)=CC1c3ccccc3SC12. The van der Waals surface area contributed by atoms with Gasteiger partial charge in [0.25, 0.3) is 0 Å². The third-order valence-electron chi connectivity index (χ3n) is 14.4. The van der Waals surface area contributed by atoms with Gasteiger partial charge in [-0.2, -0.15) is 0 Å². The van der Waals surface area contributed by atoms with Gasteiger partial charge in [0.1, 0.15) is 0 Å². The summed E-state index contributed by atoms with van der Waals surface area (Å²) in [5.74, 6) is 6.27. The molecule has 3 aromatic carbocycles. The van der Waals surface area contributed by atoms with Gasteiger partial charge >= 0.3 is 0 Å². The number of benzene rings is 3. The van der Waals surface area contributed by atoms with Crippen molar-refractivity contribution in [1.29, 1.82) is 0 Å². The second-order valence-corrected chi connectivity index (χ2v) is 18.3. The maximum atomic E-state index is 2.74. The molecule has 11 rings (SSSR count). The predicted molar refractivity (Wildman–Crippen MR) is 220 cm³/mol. The molecule has 52 heavy (non-hydrogen) atoms. The van der Waals surface area contributed by atoms with Gasteiger partial charge in [0, 0.05) is 27.9 Å². The van der Waals surface area contributed by atoms with E-state index in [0.717, 1.165) is 5.92 Å². The Hall–Kier alpha value is -4.07. The van der Waals surface area contributed by atoms with Gasteiger partial charge in [-0.15, -0.1) is 11.8 Å². The Morgan fingerprint density at radius 1 is 0.654 bits per heavy atom. The van der Waals surface area contributed by atoms with Crippen LogP contribution in [0.3, 0.4) is 0 Å². The molecular weight excluding hydrogens is 645 g/mol. The van der Waals surface area contributed by atoms with Crippen LogP contribution in [0.1, 0.15) is 49.7 Å². The Labute approximate surface area is 314 Å². The number of thioether (sulfide) groups is 1. The summed E-state index contributed by atoms with van der Waals surface area (Å²) in [5.41, 5.74) is 9.20. The molecule has 8 aliphatic rings. The van der Waals surface area contributed by atoms with E-state index in [0.29, 0.717) is 64.4 Å². The monoisotopic (exact) mass is 692 g/mol. The Bertz CT molecular complexity index is 2230. The Kier molecular flexibility index (Phi) is 7.57. The van der Waals surface area contributed by atoms with Gasteiger partial charge < -0.3 is 0 Å². The van der Waals surface area contributed by atoms with Crippen LogP contribution < -0.4 is 0 Å². The second-order valence-electron chi connectivity index (χ2n) is 17.1. The van der Waals surface area contributed by atoms with Crippen LogP contribution in [0.25, 0.3) is 16.3 Å². The minimum atomic E-state index is 0.388. The van der Waals surface area contributed by atoms with Crippen molar-refractivity contribution in [3.63, 3.8) is 0 Å². The van der Waals surface area contributed by atoms with Crippen LogP contribution in [0, 0.1) is 59.2 Å². The van der Waals surface area contributed by atoms with E-state index in [1.54, 1.807) is 16.7 Å². The van der Waals surface area contributed by atoms with E-state index in [9.17, 15) is 0 Å². The molecule has 12 unspecified atom stereocenters. The van der Waals surface area contributed by atoms with Crippen molar-refractivity contribution in [2.24, 2.45) is 59.2 Å². The van der Waals surface area contributed by atoms with Crippen LogP contribution in [0.4, 0.5) is 0 Å². The minimum Gasteiger partial charge on any atom is -0.121 e. The first-order valence-corrected chi connectivity index (χ1v) is 21.0.